The maximum atomic E-state index is 11.7. The van der Waals surface area contributed by atoms with E-state index in [1.807, 2.05) is 29.0 Å². The van der Waals surface area contributed by atoms with Crippen LogP contribution < -0.4 is 0 Å². The fourth-order valence-corrected chi connectivity index (χ4v) is 2.32. The maximum Gasteiger partial charge on any atom is 0.161 e. The summed E-state index contributed by atoms with van der Waals surface area (Å²) in [6.45, 7) is 3.70. The Balaban J connectivity index is 2.56. The molecule has 0 spiro atoms. The molecule has 0 saturated carbocycles. The number of ketones is 1. The molecule has 2 rings (SSSR count). The lowest BCUT2D eigenvalue weighted by atomic mass is 10.1. The fourth-order valence-electron chi connectivity index (χ4n) is 1.96. The standard InChI is InChI=1S/C14H15BrN2O/c1-3-4-14-16-7-8-17(14)13-6-5-11(15)9-12(13)10(2)18/h5-9H,3-4H2,1-2H3. The molecule has 0 aliphatic carbocycles. The first-order valence-electron chi connectivity index (χ1n) is 5.96. The molecule has 0 unspecified atom stereocenters. The molecule has 0 aliphatic heterocycles. The monoisotopic (exact) mass is 306 g/mol. The Hall–Kier alpha value is -1.42. The molecule has 94 valence electrons. The first kappa shape index (κ1) is 13.0. The molecule has 0 fully saturated rings. The van der Waals surface area contributed by atoms with E-state index in [-0.39, 0.29) is 5.78 Å². The van der Waals surface area contributed by atoms with Crippen molar-refractivity contribution in [1.29, 1.82) is 0 Å². The van der Waals surface area contributed by atoms with E-state index in [4.69, 9.17) is 0 Å². The van der Waals surface area contributed by atoms with E-state index in [1.54, 1.807) is 13.1 Å². The Morgan fingerprint density at radius 3 is 2.89 bits per heavy atom. The molecular formula is C14H15BrN2O. The van der Waals surface area contributed by atoms with Crippen LogP contribution in [0.4, 0.5) is 0 Å². The van der Waals surface area contributed by atoms with E-state index in [0.29, 0.717) is 5.56 Å². The van der Waals surface area contributed by atoms with Crippen molar-refractivity contribution in [2.75, 3.05) is 0 Å². The number of hydrogen-bond acceptors (Lipinski definition) is 2. The van der Waals surface area contributed by atoms with Crippen LogP contribution in [0.3, 0.4) is 0 Å². The number of rotatable bonds is 4. The second-order valence-corrected chi connectivity index (χ2v) is 5.10. The Labute approximate surface area is 115 Å². The van der Waals surface area contributed by atoms with Crippen molar-refractivity contribution in [3.8, 4) is 5.69 Å². The van der Waals surface area contributed by atoms with Crippen molar-refractivity contribution in [3.63, 3.8) is 0 Å². The van der Waals surface area contributed by atoms with Gasteiger partial charge in [0.2, 0.25) is 0 Å². The highest BCUT2D eigenvalue weighted by Gasteiger charge is 2.12. The predicted molar refractivity (Wildman–Crippen MR) is 75.3 cm³/mol. The number of carbonyl (C=O) groups excluding carboxylic acids is 1. The molecule has 1 aromatic carbocycles. The summed E-state index contributed by atoms with van der Waals surface area (Å²) in [6, 6.07) is 5.74. The lowest BCUT2D eigenvalue weighted by molar-refractivity contribution is 0.101. The third-order valence-corrected chi connectivity index (χ3v) is 3.28. The highest BCUT2D eigenvalue weighted by atomic mass is 79.9. The van der Waals surface area contributed by atoms with Crippen LogP contribution in [0.25, 0.3) is 5.69 Å². The van der Waals surface area contributed by atoms with Gasteiger partial charge in [0, 0.05) is 28.9 Å². The summed E-state index contributed by atoms with van der Waals surface area (Å²) in [7, 11) is 0. The van der Waals surface area contributed by atoms with Crippen molar-refractivity contribution in [1.82, 2.24) is 9.55 Å². The molecule has 0 atom stereocenters. The second-order valence-electron chi connectivity index (χ2n) is 4.18. The van der Waals surface area contributed by atoms with Gasteiger partial charge in [0.05, 0.1) is 5.69 Å². The zero-order valence-corrected chi connectivity index (χ0v) is 12.1. The third-order valence-electron chi connectivity index (χ3n) is 2.79. The molecular weight excluding hydrogens is 292 g/mol. The van der Waals surface area contributed by atoms with Gasteiger partial charge in [-0.25, -0.2) is 4.98 Å². The van der Waals surface area contributed by atoms with Crippen molar-refractivity contribution in [3.05, 3.63) is 46.5 Å². The Morgan fingerprint density at radius 2 is 2.22 bits per heavy atom. The number of carbonyl (C=O) groups is 1. The zero-order valence-electron chi connectivity index (χ0n) is 10.5. The van der Waals surface area contributed by atoms with E-state index in [1.165, 1.54) is 0 Å². The van der Waals surface area contributed by atoms with Crippen molar-refractivity contribution < 1.29 is 4.79 Å². The van der Waals surface area contributed by atoms with Crippen molar-refractivity contribution in [2.24, 2.45) is 0 Å². The number of halogens is 1. The van der Waals surface area contributed by atoms with E-state index in [9.17, 15) is 4.79 Å². The number of imidazole rings is 1. The molecule has 0 radical (unpaired) electrons. The first-order chi connectivity index (χ1) is 8.63. The first-order valence-corrected chi connectivity index (χ1v) is 6.76. The van der Waals surface area contributed by atoms with Crippen LogP contribution in [0, 0.1) is 0 Å². The summed E-state index contributed by atoms with van der Waals surface area (Å²) in [6.07, 6.45) is 5.61. The number of hydrogen-bond donors (Lipinski definition) is 0. The quantitative estimate of drug-likeness (QED) is 0.806. The Kier molecular flexibility index (Phi) is 3.97. The highest BCUT2D eigenvalue weighted by Crippen LogP contribution is 2.22. The van der Waals surface area contributed by atoms with Crippen LogP contribution >= 0.6 is 15.9 Å². The molecule has 0 saturated heterocycles. The average molecular weight is 307 g/mol. The summed E-state index contributed by atoms with van der Waals surface area (Å²) >= 11 is 3.40. The molecule has 0 N–H and O–H groups in total. The molecule has 1 heterocycles. The van der Waals surface area contributed by atoms with E-state index < -0.39 is 0 Å². The smallest absolute Gasteiger partial charge is 0.161 e. The fraction of sp³-hybridized carbons (Fsp3) is 0.286. The van der Waals surface area contributed by atoms with E-state index in [2.05, 4.69) is 27.8 Å². The SMILES string of the molecule is CCCc1nccn1-c1ccc(Br)cc1C(C)=O. The van der Waals surface area contributed by atoms with Crippen LogP contribution in [-0.2, 0) is 6.42 Å². The van der Waals surface area contributed by atoms with Gasteiger partial charge < -0.3 is 4.57 Å². The lowest BCUT2D eigenvalue weighted by Crippen LogP contribution is -2.06. The molecule has 1 aromatic heterocycles. The predicted octanol–water partition coefficient (Wildman–Crippen LogP) is 3.79. The molecule has 0 bridgehead atoms. The van der Waals surface area contributed by atoms with Crippen molar-refractivity contribution in [2.45, 2.75) is 26.7 Å². The van der Waals surface area contributed by atoms with Gasteiger partial charge >= 0.3 is 0 Å². The maximum absolute atomic E-state index is 11.7. The minimum absolute atomic E-state index is 0.0578. The van der Waals surface area contributed by atoms with Gasteiger partial charge in [-0.15, -0.1) is 0 Å². The average Bonchev–Trinajstić information content (AvgIpc) is 2.77. The molecule has 18 heavy (non-hydrogen) atoms. The topological polar surface area (TPSA) is 34.9 Å². The molecule has 0 aliphatic rings. The summed E-state index contributed by atoms with van der Waals surface area (Å²) in [5, 5.41) is 0. The lowest BCUT2D eigenvalue weighted by Gasteiger charge is -2.11. The summed E-state index contributed by atoms with van der Waals surface area (Å²) in [4.78, 5) is 16.1. The summed E-state index contributed by atoms with van der Waals surface area (Å²) < 4.78 is 2.90. The minimum atomic E-state index is 0.0578. The number of benzene rings is 1. The van der Waals surface area contributed by atoms with Gasteiger partial charge in [0.25, 0.3) is 0 Å². The van der Waals surface area contributed by atoms with Gasteiger partial charge in [0.15, 0.2) is 5.78 Å². The van der Waals surface area contributed by atoms with Crippen LogP contribution in [0.2, 0.25) is 0 Å². The molecule has 3 nitrogen and oxygen atoms in total. The normalized spacial score (nSPS) is 10.6. The minimum Gasteiger partial charge on any atom is -0.303 e. The molecule has 2 aromatic rings. The van der Waals surface area contributed by atoms with Gasteiger partial charge in [-0.2, -0.15) is 0 Å². The van der Waals surface area contributed by atoms with Crippen LogP contribution in [0.1, 0.15) is 36.5 Å². The van der Waals surface area contributed by atoms with Crippen LogP contribution in [0.15, 0.2) is 35.1 Å². The summed E-state index contributed by atoms with van der Waals surface area (Å²) in [5.74, 6) is 1.05. The van der Waals surface area contributed by atoms with E-state index in [0.717, 1.165) is 28.8 Å². The molecule has 0 amide bonds. The van der Waals surface area contributed by atoms with Gasteiger partial charge in [-0.3, -0.25) is 4.79 Å². The van der Waals surface area contributed by atoms with Crippen molar-refractivity contribution >= 4 is 21.7 Å². The zero-order chi connectivity index (χ0) is 13.1. The van der Waals surface area contributed by atoms with Crippen LogP contribution in [-0.4, -0.2) is 15.3 Å². The second kappa shape index (κ2) is 5.48. The van der Waals surface area contributed by atoms with E-state index >= 15 is 0 Å². The summed E-state index contributed by atoms with van der Waals surface area (Å²) in [5.41, 5.74) is 1.60. The highest BCUT2D eigenvalue weighted by molar-refractivity contribution is 9.10. The largest absolute Gasteiger partial charge is 0.303 e. The number of Topliss-reactive ketones (excluding diaryl/α,β-unsaturated/α-hetero) is 1. The number of aryl methyl sites for hydroxylation is 1. The number of nitrogens with zero attached hydrogens (tertiary/aromatic N) is 2. The van der Waals surface area contributed by atoms with Gasteiger partial charge in [0.1, 0.15) is 5.82 Å². The Bertz CT molecular complexity index is 575. The molecule has 4 heteroatoms. The van der Waals surface area contributed by atoms with Gasteiger partial charge in [-0.05, 0) is 31.5 Å². The number of aromatic nitrogens is 2. The van der Waals surface area contributed by atoms with Crippen LogP contribution in [0.5, 0.6) is 0 Å². The third kappa shape index (κ3) is 2.53. The van der Waals surface area contributed by atoms with Gasteiger partial charge in [-0.1, -0.05) is 22.9 Å². The Morgan fingerprint density at radius 1 is 1.44 bits per heavy atom.